The van der Waals surface area contributed by atoms with E-state index in [2.05, 4.69) is 10.0 Å². The van der Waals surface area contributed by atoms with Crippen LogP contribution in [0.5, 0.6) is 5.75 Å². The summed E-state index contributed by atoms with van der Waals surface area (Å²) in [6, 6.07) is 3.63. The maximum atomic E-state index is 12.9. The maximum absolute atomic E-state index is 12.9. The van der Waals surface area contributed by atoms with Crippen LogP contribution >= 0.6 is 0 Å². The Bertz CT molecular complexity index is 364. The zero-order valence-corrected chi connectivity index (χ0v) is 7.15. The summed E-state index contributed by atoms with van der Waals surface area (Å²) in [6.45, 7) is 0.0941. The topological polar surface area (TPSA) is 58.0 Å². The largest absolute Gasteiger partial charge is 0.490 e. The number of azide groups is 1. The van der Waals surface area contributed by atoms with Crippen molar-refractivity contribution in [3.05, 3.63) is 40.3 Å². The number of benzene rings is 1. The molecule has 0 N–H and O–H groups in total. The molecule has 0 unspecified atom stereocenters. The Hall–Kier alpha value is -1.81. The first-order chi connectivity index (χ1) is 6.75. The van der Waals surface area contributed by atoms with Crippen molar-refractivity contribution < 1.29 is 13.5 Å². The van der Waals surface area contributed by atoms with E-state index in [1.807, 2.05) is 0 Å². The fraction of sp³-hybridized carbons (Fsp3) is 0.250. The maximum Gasteiger partial charge on any atom is 0.200 e. The van der Waals surface area contributed by atoms with Crippen LogP contribution < -0.4 is 4.74 Å². The van der Waals surface area contributed by atoms with Crippen LogP contribution in [0, 0.1) is 11.6 Å². The van der Waals surface area contributed by atoms with E-state index >= 15 is 0 Å². The highest BCUT2D eigenvalue weighted by Gasteiger charge is 2.07. The fourth-order valence-corrected chi connectivity index (χ4v) is 0.837. The first-order valence-electron chi connectivity index (χ1n) is 3.83. The molecule has 0 radical (unpaired) electrons. The Morgan fingerprint density at radius 1 is 1.43 bits per heavy atom. The summed E-state index contributed by atoms with van der Waals surface area (Å²) >= 11 is 0. The van der Waals surface area contributed by atoms with Crippen LogP contribution in [0.2, 0.25) is 0 Å². The lowest BCUT2D eigenvalue weighted by Gasteiger charge is -2.04. The predicted molar refractivity (Wildman–Crippen MR) is 45.9 cm³/mol. The Morgan fingerprint density at radius 2 is 2.21 bits per heavy atom. The first kappa shape index (κ1) is 10.3. The van der Waals surface area contributed by atoms with E-state index < -0.39 is 11.6 Å². The van der Waals surface area contributed by atoms with Crippen molar-refractivity contribution in [2.75, 3.05) is 13.2 Å². The first-order valence-corrected chi connectivity index (χ1v) is 3.83. The monoisotopic (exact) mass is 199 g/mol. The van der Waals surface area contributed by atoms with Crippen molar-refractivity contribution in [3.63, 3.8) is 0 Å². The molecule has 6 heteroatoms. The van der Waals surface area contributed by atoms with Gasteiger partial charge in [0.15, 0.2) is 11.6 Å². The van der Waals surface area contributed by atoms with Gasteiger partial charge in [0.2, 0.25) is 5.82 Å². The molecule has 0 fully saturated rings. The summed E-state index contributed by atoms with van der Waals surface area (Å²) in [5.41, 5.74) is 7.93. The van der Waals surface area contributed by atoms with E-state index in [0.717, 1.165) is 6.07 Å². The number of hydrogen-bond donors (Lipinski definition) is 0. The number of rotatable bonds is 4. The molecule has 0 aromatic heterocycles. The third kappa shape index (κ3) is 2.60. The Balaban J connectivity index is 2.58. The van der Waals surface area contributed by atoms with Gasteiger partial charge in [0.1, 0.15) is 0 Å². The lowest BCUT2D eigenvalue weighted by Crippen LogP contribution is -2.02. The second-order valence-corrected chi connectivity index (χ2v) is 2.35. The second kappa shape index (κ2) is 5.04. The van der Waals surface area contributed by atoms with Crippen molar-refractivity contribution in [3.8, 4) is 5.75 Å². The van der Waals surface area contributed by atoms with Crippen LogP contribution in [-0.4, -0.2) is 13.2 Å². The van der Waals surface area contributed by atoms with E-state index in [4.69, 9.17) is 10.3 Å². The molecule has 14 heavy (non-hydrogen) atoms. The van der Waals surface area contributed by atoms with Crippen molar-refractivity contribution in [2.45, 2.75) is 0 Å². The minimum absolute atomic E-state index is 0.0183. The van der Waals surface area contributed by atoms with E-state index in [1.165, 1.54) is 12.1 Å². The minimum atomic E-state index is -1.03. The number of ether oxygens (including phenoxy) is 1. The van der Waals surface area contributed by atoms with Gasteiger partial charge in [-0.3, -0.25) is 0 Å². The molecule has 0 spiro atoms. The van der Waals surface area contributed by atoms with Gasteiger partial charge in [-0.1, -0.05) is 11.2 Å². The molecule has 0 amide bonds. The van der Waals surface area contributed by atoms with Crippen LogP contribution in [0.1, 0.15) is 0 Å². The summed E-state index contributed by atoms with van der Waals surface area (Å²) in [6.07, 6.45) is 0. The van der Waals surface area contributed by atoms with Gasteiger partial charge in [0, 0.05) is 4.91 Å². The molecule has 4 nitrogen and oxygen atoms in total. The molecular weight excluding hydrogens is 192 g/mol. The molecule has 0 bridgehead atoms. The van der Waals surface area contributed by atoms with E-state index in [0.29, 0.717) is 0 Å². The highest BCUT2D eigenvalue weighted by atomic mass is 19.2. The van der Waals surface area contributed by atoms with Gasteiger partial charge < -0.3 is 4.74 Å². The molecule has 0 heterocycles. The van der Waals surface area contributed by atoms with Crippen molar-refractivity contribution in [1.29, 1.82) is 0 Å². The fourth-order valence-electron chi connectivity index (χ4n) is 0.837. The summed E-state index contributed by atoms with van der Waals surface area (Å²) in [7, 11) is 0. The number of hydrogen-bond acceptors (Lipinski definition) is 2. The molecule has 0 aliphatic carbocycles. The molecule has 1 rings (SSSR count). The Kier molecular flexibility index (Phi) is 3.69. The number of nitrogens with zero attached hydrogens (tertiary/aromatic N) is 3. The molecule has 1 aromatic carbocycles. The molecule has 74 valence electrons. The van der Waals surface area contributed by atoms with Crippen LogP contribution in [0.15, 0.2) is 23.3 Å². The molecule has 1 aromatic rings. The summed E-state index contributed by atoms with van der Waals surface area (Å²) in [4.78, 5) is 2.48. The summed E-state index contributed by atoms with van der Waals surface area (Å²) < 4.78 is 30.4. The zero-order chi connectivity index (χ0) is 10.4. The quantitative estimate of drug-likeness (QED) is 0.318. The Morgan fingerprint density at radius 3 is 2.93 bits per heavy atom. The minimum Gasteiger partial charge on any atom is -0.490 e. The number of halogens is 2. The molecule has 0 aliphatic heterocycles. The second-order valence-electron chi connectivity index (χ2n) is 2.35. The van der Waals surface area contributed by atoms with Gasteiger partial charge in [-0.05, 0) is 17.7 Å². The van der Waals surface area contributed by atoms with Crippen molar-refractivity contribution >= 4 is 0 Å². The smallest absolute Gasteiger partial charge is 0.200 e. The zero-order valence-electron chi connectivity index (χ0n) is 7.15. The normalized spacial score (nSPS) is 9.29. The predicted octanol–water partition coefficient (Wildman–Crippen LogP) is 2.65. The van der Waals surface area contributed by atoms with E-state index in [1.54, 1.807) is 0 Å². The molecule has 0 saturated carbocycles. The van der Waals surface area contributed by atoms with Crippen LogP contribution in [0.25, 0.3) is 10.4 Å². The van der Waals surface area contributed by atoms with Gasteiger partial charge in [-0.25, -0.2) is 4.39 Å². The van der Waals surface area contributed by atoms with Crippen LogP contribution in [-0.2, 0) is 0 Å². The molecule has 0 atom stereocenters. The van der Waals surface area contributed by atoms with Crippen molar-refractivity contribution in [1.82, 2.24) is 0 Å². The van der Waals surface area contributed by atoms with E-state index in [-0.39, 0.29) is 18.9 Å². The third-order valence-electron chi connectivity index (χ3n) is 1.43. The van der Waals surface area contributed by atoms with Crippen molar-refractivity contribution in [2.24, 2.45) is 5.11 Å². The standard InChI is InChI=1S/C8H7F2N3O/c9-6-2-1-3-7(8(6)10)14-5-4-12-13-11/h1-3H,4-5H2. The third-order valence-corrected chi connectivity index (χ3v) is 1.43. The molecular formula is C8H7F2N3O. The summed E-state index contributed by atoms with van der Waals surface area (Å²) in [5, 5.41) is 3.18. The van der Waals surface area contributed by atoms with Gasteiger partial charge in [-0.2, -0.15) is 4.39 Å². The average molecular weight is 199 g/mol. The van der Waals surface area contributed by atoms with E-state index in [9.17, 15) is 8.78 Å². The highest BCUT2D eigenvalue weighted by molar-refractivity contribution is 5.24. The lowest BCUT2D eigenvalue weighted by molar-refractivity contribution is 0.304. The van der Waals surface area contributed by atoms with Gasteiger partial charge >= 0.3 is 0 Å². The molecule has 0 aliphatic rings. The Labute approximate surface area is 78.7 Å². The molecule has 0 saturated heterocycles. The van der Waals surface area contributed by atoms with Gasteiger partial charge in [0.05, 0.1) is 13.2 Å². The summed E-state index contributed by atoms with van der Waals surface area (Å²) in [5.74, 6) is -2.18. The van der Waals surface area contributed by atoms with Gasteiger partial charge in [0.25, 0.3) is 0 Å². The van der Waals surface area contributed by atoms with Crippen LogP contribution in [0.4, 0.5) is 8.78 Å². The SMILES string of the molecule is [N-]=[N+]=NCCOc1cccc(F)c1F. The highest BCUT2D eigenvalue weighted by Crippen LogP contribution is 2.18. The van der Waals surface area contributed by atoms with Crippen LogP contribution in [0.3, 0.4) is 0 Å². The lowest BCUT2D eigenvalue weighted by atomic mass is 10.3. The van der Waals surface area contributed by atoms with Gasteiger partial charge in [-0.15, -0.1) is 0 Å². The average Bonchev–Trinajstić information content (AvgIpc) is 2.19.